The lowest BCUT2D eigenvalue weighted by Gasteiger charge is -2.09. The molecule has 1 N–H and O–H groups in total. The third-order valence-corrected chi connectivity index (χ3v) is 2.00. The second-order valence-electron chi connectivity index (χ2n) is 2.98. The van der Waals surface area contributed by atoms with E-state index in [1.165, 1.54) is 12.4 Å². The Morgan fingerprint density at radius 3 is 2.87 bits per heavy atom. The average Bonchev–Trinajstić information content (AvgIpc) is 2.26. The van der Waals surface area contributed by atoms with Crippen molar-refractivity contribution in [2.24, 2.45) is 0 Å². The van der Waals surface area contributed by atoms with E-state index < -0.39 is 0 Å². The van der Waals surface area contributed by atoms with Crippen LogP contribution >= 0.6 is 11.6 Å². The molecule has 6 heteroatoms. The van der Waals surface area contributed by atoms with Crippen LogP contribution in [0, 0.1) is 0 Å². The van der Waals surface area contributed by atoms with Crippen molar-refractivity contribution in [2.45, 2.75) is 13.0 Å². The maximum absolute atomic E-state index is 11.5. The fourth-order valence-corrected chi connectivity index (χ4v) is 0.937. The molecule has 15 heavy (non-hydrogen) atoms. The number of hydrogen-bond donors (Lipinski definition) is 1. The molecule has 5 nitrogen and oxygen atoms in total. The van der Waals surface area contributed by atoms with Gasteiger partial charge in [-0.15, -0.1) is 0 Å². The van der Waals surface area contributed by atoms with Gasteiger partial charge in [0.05, 0.1) is 18.5 Å². The summed E-state index contributed by atoms with van der Waals surface area (Å²) in [6, 6.07) is 0. The minimum absolute atomic E-state index is 0.0331. The molecule has 1 amide bonds. The smallest absolute Gasteiger partial charge is 0.271 e. The molecule has 0 fully saturated rings. The van der Waals surface area contributed by atoms with E-state index in [-0.39, 0.29) is 22.9 Å². The highest BCUT2D eigenvalue weighted by atomic mass is 35.5. The first-order valence-corrected chi connectivity index (χ1v) is 4.80. The van der Waals surface area contributed by atoms with Crippen molar-refractivity contribution in [1.29, 1.82) is 0 Å². The summed E-state index contributed by atoms with van der Waals surface area (Å²) in [7, 11) is 1.58. The number of halogens is 1. The monoisotopic (exact) mass is 229 g/mol. The first-order valence-electron chi connectivity index (χ1n) is 4.42. The fourth-order valence-electron chi connectivity index (χ4n) is 0.840. The molecule has 1 aromatic heterocycles. The minimum atomic E-state index is -0.289. The number of nitrogens with zero attached hydrogens (tertiary/aromatic N) is 2. The van der Waals surface area contributed by atoms with Crippen LogP contribution < -0.4 is 5.32 Å². The third-order valence-electron chi connectivity index (χ3n) is 1.81. The van der Waals surface area contributed by atoms with Gasteiger partial charge in [-0.2, -0.15) is 0 Å². The Hall–Kier alpha value is -1.20. The zero-order chi connectivity index (χ0) is 11.3. The van der Waals surface area contributed by atoms with Crippen molar-refractivity contribution in [3.05, 3.63) is 23.2 Å². The van der Waals surface area contributed by atoms with Gasteiger partial charge < -0.3 is 10.1 Å². The van der Waals surface area contributed by atoms with Gasteiger partial charge in [0.15, 0.2) is 0 Å². The lowest BCUT2D eigenvalue weighted by Crippen LogP contribution is -2.32. The van der Waals surface area contributed by atoms with Gasteiger partial charge >= 0.3 is 0 Å². The van der Waals surface area contributed by atoms with Crippen molar-refractivity contribution < 1.29 is 9.53 Å². The lowest BCUT2D eigenvalue weighted by atomic mass is 10.3. The Labute approximate surface area is 92.8 Å². The summed E-state index contributed by atoms with van der Waals surface area (Å²) in [6.07, 6.45) is 2.62. The molecule has 1 aromatic rings. The molecule has 0 aromatic carbocycles. The Morgan fingerprint density at radius 2 is 2.33 bits per heavy atom. The van der Waals surface area contributed by atoms with Crippen LogP contribution in [0.15, 0.2) is 12.4 Å². The van der Waals surface area contributed by atoms with E-state index in [0.29, 0.717) is 6.54 Å². The second-order valence-corrected chi connectivity index (χ2v) is 3.37. The van der Waals surface area contributed by atoms with Crippen LogP contribution in [-0.2, 0) is 4.74 Å². The van der Waals surface area contributed by atoms with Gasteiger partial charge in [0, 0.05) is 13.7 Å². The topological polar surface area (TPSA) is 64.1 Å². The van der Waals surface area contributed by atoms with Gasteiger partial charge in [-0.25, -0.2) is 9.97 Å². The highest BCUT2D eigenvalue weighted by molar-refractivity contribution is 6.29. The molecule has 1 rings (SSSR count). The summed E-state index contributed by atoms with van der Waals surface area (Å²) in [5.74, 6) is -0.289. The van der Waals surface area contributed by atoms with Crippen LogP contribution in [0.5, 0.6) is 0 Å². The fraction of sp³-hybridized carbons (Fsp3) is 0.444. The zero-order valence-corrected chi connectivity index (χ0v) is 9.28. The molecule has 82 valence electrons. The van der Waals surface area contributed by atoms with Crippen LogP contribution in [0.1, 0.15) is 17.4 Å². The van der Waals surface area contributed by atoms with E-state index in [1.807, 2.05) is 6.92 Å². The number of amides is 1. The van der Waals surface area contributed by atoms with Crippen molar-refractivity contribution >= 4 is 17.5 Å². The number of aromatic nitrogens is 2. The molecule has 0 aliphatic rings. The molecule has 0 radical (unpaired) electrons. The summed E-state index contributed by atoms with van der Waals surface area (Å²) < 4.78 is 4.98. The van der Waals surface area contributed by atoms with Gasteiger partial charge in [0.25, 0.3) is 5.91 Å². The van der Waals surface area contributed by atoms with Crippen LogP contribution in [0.3, 0.4) is 0 Å². The van der Waals surface area contributed by atoms with Crippen molar-refractivity contribution in [2.75, 3.05) is 13.7 Å². The molecule has 0 bridgehead atoms. The molecule has 0 saturated heterocycles. The highest BCUT2D eigenvalue weighted by Crippen LogP contribution is 2.01. The molecule has 0 saturated carbocycles. The molecular weight excluding hydrogens is 218 g/mol. The summed E-state index contributed by atoms with van der Waals surface area (Å²) in [6.45, 7) is 2.29. The predicted octanol–water partition coefficient (Wildman–Crippen LogP) is 0.895. The van der Waals surface area contributed by atoms with E-state index in [4.69, 9.17) is 16.3 Å². The van der Waals surface area contributed by atoms with Gasteiger partial charge in [0.2, 0.25) is 0 Å². The molecule has 1 atom stereocenters. The summed E-state index contributed by atoms with van der Waals surface area (Å²) in [5.41, 5.74) is 0.239. The summed E-state index contributed by atoms with van der Waals surface area (Å²) in [4.78, 5) is 19.1. The Balaban J connectivity index is 2.50. The van der Waals surface area contributed by atoms with Crippen LogP contribution in [-0.4, -0.2) is 35.6 Å². The normalized spacial score (nSPS) is 12.2. The zero-order valence-electron chi connectivity index (χ0n) is 8.53. The second kappa shape index (κ2) is 5.63. The van der Waals surface area contributed by atoms with Crippen LogP contribution in [0.2, 0.25) is 5.15 Å². The van der Waals surface area contributed by atoms with Crippen LogP contribution in [0.25, 0.3) is 0 Å². The third kappa shape index (κ3) is 3.81. The van der Waals surface area contributed by atoms with E-state index in [2.05, 4.69) is 15.3 Å². The number of carbonyl (C=O) groups is 1. The molecule has 1 unspecified atom stereocenters. The van der Waals surface area contributed by atoms with E-state index >= 15 is 0 Å². The molecule has 0 spiro atoms. The van der Waals surface area contributed by atoms with Crippen molar-refractivity contribution in [1.82, 2.24) is 15.3 Å². The largest absolute Gasteiger partial charge is 0.380 e. The first kappa shape index (κ1) is 11.9. The maximum atomic E-state index is 11.5. The van der Waals surface area contributed by atoms with Gasteiger partial charge in [-0.1, -0.05) is 11.6 Å². The predicted molar refractivity (Wildman–Crippen MR) is 55.8 cm³/mol. The van der Waals surface area contributed by atoms with E-state index in [0.717, 1.165) is 0 Å². The number of methoxy groups -OCH3 is 1. The SMILES string of the molecule is COC(C)CNC(=O)c1cnc(Cl)cn1. The van der Waals surface area contributed by atoms with E-state index in [1.54, 1.807) is 7.11 Å². The Bertz CT molecular complexity index is 329. The van der Waals surface area contributed by atoms with Crippen molar-refractivity contribution in [3.8, 4) is 0 Å². The van der Waals surface area contributed by atoms with E-state index in [9.17, 15) is 4.79 Å². The average molecular weight is 230 g/mol. The lowest BCUT2D eigenvalue weighted by molar-refractivity contribution is 0.0866. The minimum Gasteiger partial charge on any atom is -0.380 e. The molecule has 0 aliphatic carbocycles. The van der Waals surface area contributed by atoms with Gasteiger partial charge in [-0.05, 0) is 6.92 Å². The molecule has 0 aliphatic heterocycles. The van der Waals surface area contributed by atoms with Gasteiger partial charge in [-0.3, -0.25) is 4.79 Å². The summed E-state index contributed by atoms with van der Waals surface area (Å²) in [5, 5.41) is 2.92. The number of rotatable bonds is 4. The van der Waals surface area contributed by atoms with Crippen LogP contribution in [0.4, 0.5) is 0 Å². The Morgan fingerprint density at radius 1 is 1.60 bits per heavy atom. The number of ether oxygens (including phenoxy) is 1. The maximum Gasteiger partial charge on any atom is 0.271 e. The first-order chi connectivity index (χ1) is 7.13. The highest BCUT2D eigenvalue weighted by Gasteiger charge is 2.08. The number of nitrogens with one attached hydrogen (secondary N) is 1. The van der Waals surface area contributed by atoms with Crippen molar-refractivity contribution in [3.63, 3.8) is 0 Å². The summed E-state index contributed by atoms with van der Waals surface area (Å²) >= 11 is 5.54. The number of carbonyl (C=O) groups excluding carboxylic acids is 1. The number of hydrogen-bond acceptors (Lipinski definition) is 4. The van der Waals surface area contributed by atoms with Gasteiger partial charge in [0.1, 0.15) is 10.8 Å². The standard InChI is InChI=1S/C9H12ClN3O2/c1-6(15-2)3-13-9(14)7-4-12-8(10)5-11-7/h4-6H,3H2,1-2H3,(H,13,14). The quantitative estimate of drug-likeness (QED) is 0.833. The Kier molecular flexibility index (Phi) is 4.45. The molecule has 1 heterocycles. The molecular formula is C9H12ClN3O2.